The van der Waals surface area contributed by atoms with Gasteiger partial charge in [0.05, 0.1) is 23.1 Å². The molecule has 0 radical (unpaired) electrons. The second-order valence-electron chi connectivity index (χ2n) is 4.90. The molecule has 0 aliphatic heterocycles. The zero-order chi connectivity index (χ0) is 14.2. The third-order valence-corrected chi connectivity index (χ3v) is 4.42. The highest BCUT2D eigenvalue weighted by atomic mass is 32.1. The number of rotatable bonds is 2. The van der Waals surface area contributed by atoms with Gasteiger partial charge in [-0.2, -0.15) is 0 Å². The van der Waals surface area contributed by atoms with E-state index in [1.54, 1.807) is 17.5 Å². The summed E-state index contributed by atoms with van der Waals surface area (Å²) in [4.78, 5) is 4.36. The number of benzene rings is 2. The summed E-state index contributed by atoms with van der Waals surface area (Å²) in [5.74, 6) is 0. The molecule has 0 saturated carbocycles. The van der Waals surface area contributed by atoms with E-state index in [0.29, 0.717) is 5.69 Å². The molecule has 0 fully saturated rings. The number of hydrogen-bond donors (Lipinski definition) is 2. The number of fused-ring (bicyclic) bond motifs is 2. The molecule has 4 aromatic rings. The summed E-state index contributed by atoms with van der Waals surface area (Å²) in [5.41, 5.74) is 9.64. The van der Waals surface area contributed by atoms with Crippen LogP contribution in [0.1, 0.15) is 0 Å². The van der Waals surface area contributed by atoms with Crippen molar-refractivity contribution in [2.75, 3.05) is 11.1 Å². The number of hydrogen-bond acceptors (Lipinski definition) is 4. The van der Waals surface area contributed by atoms with E-state index in [4.69, 9.17) is 5.73 Å². The molecule has 3 nitrogen and oxygen atoms in total. The van der Waals surface area contributed by atoms with Gasteiger partial charge in [-0.1, -0.05) is 18.2 Å². The van der Waals surface area contributed by atoms with Crippen molar-refractivity contribution in [2.24, 2.45) is 0 Å². The van der Waals surface area contributed by atoms with Gasteiger partial charge in [-0.3, -0.25) is 4.98 Å². The van der Waals surface area contributed by atoms with E-state index >= 15 is 0 Å². The highest BCUT2D eigenvalue weighted by Gasteiger charge is 2.07. The van der Waals surface area contributed by atoms with E-state index in [1.807, 2.05) is 24.3 Å². The number of nitrogen functional groups attached to an aromatic ring is 1. The zero-order valence-corrected chi connectivity index (χ0v) is 12.0. The fourth-order valence-electron chi connectivity index (χ4n) is 2.49. The summed E-state index contributed by atoms with van der Waals surface area (Å²) in [7, 11) is 0. The number of pyridine rings is 1. The Kier molecular flexibility index (Phi) is 2.75. The smallest absolute Gasteiger partial charge is 0.0746 e. The Bertz CT molecular complexity index is 943. The van der Waals surface area contributed by atoms with Crippen LogP contribution in [-0.2, 0) is 0 Å². The number of nitrogens with one attached hydrogen (secondary N) is 1. The minimum atomic E-state index is 0.652. The summed E-state index contributed by atoms with van der Waals surface area (Å²) in [6.07, 6.45) is 1.70. The molecule has 0 unspecified atom stereocenters. The molecule has 4 heteroatoms. The molecule has 0 saturated heterocycles. The number of aromatic nitrogens is 1. The van der Waals surface area contributed by atoms with Crippen LogP contribution in [0, 0.1) is 0 Å². The van der Waals surface area contributed by atoms with Crippen molar-refractivity contribution in [3.05, 3.63) is 60.1 Å². The summed E-state index contributed by atoms with van der Waals surface area (Å²) < 4.78 is 1.29. The van der Waals surface area contributed by atoms with Gasteiger partial charge in [-0.15, -0.1) is 11.3 Å². The highest BCUT2D eigenvalue weighted by molar-refractivity contribution is 7.17. The highest BCUT2D eigenvalue weighted by Crippen LogP contribution is 2.32. The first-order valence-corrected chi connectivity index (χ1v) is 7.57. The second-order valence-corrected chi connectivity index (χ2v) is 5.85. The maximum absolute atomic E-state index is 6.10. The molecule has 2 aromatic carbocycles. The van der Waals surface area contributed by atoms with E-state index in [1.165, 1.54) is 10.1 Å². The lowest BCUT2D eigenvalue weighted by Crippen LogP contribution is -1.98. The predicted molar refractivity (Wildman–Crippen MR) is 91.3 cm³/mol. The molecule has 2 aromatic heterocycles. The van der Waals surface area contributed by atoms with Gasteiger partial charge in [0.15, 0.2) is 0 Å². The van der Waals surface area contributed by atoms with Gasteiger partial charge in [0, 0.05) is 15.8 Å². The molecule has 0 spiro atoms. The molecule has 0 atom stereocenters. The van der Waals surface area contributed by atoms with Gasteiger partial charge in [0.1, 0.15) is 0 Å². The minimum Gasteiger partial charge on any atom is -0.396 e. The van der Waals surface area contributed by atoms with Crippen LogP contribution in [0.2, 0.25) is 0 Å². The van der Waals surface area contributed by atoms with Gasteiger partial charge in [-0.25, -0.2) is 0 Å². The fourth-order valence-corrected chi connectivity index (χ4v) is 3.26. The second kappa shape index (κ2) is 4.75. The zero-order valence-electron chi connectivity index (χ0n) is 11.2. The molecule has 21 heavy (non-hydrogen) atoms. The molecule has 0 amide bonds. The summed E-state index contributed by atoms with van der Waals surface area (Å²) in [6, 6.07) is 16.5. The molecule has 0 bridgehead atoms. The van der Waals surface area contributed by atoms with Crippen LogP contribution in [0.4, 0.5) is 17.1 Å². The van der Waals surface area contributed by atoms with Crippen LogP contribution in [0.5, 0.6) is 0 Å². The third-order valence-electron chi connectivity index (χ3n) is 3.53. The molecule has 0 aliphatic rings. The standard InChI is InChI=1S/C17H13N3S/c18-14-10-19-15-4-2-1-3-13(15)17(14)20-12-5-6-16-11(9-12)7-8-21-16/h1-10H,18H2,(H,19,20). The Hall–Kier alpha value is -2.59. The molecule has 2 heterocycles. The molecular formula is C17H13N3S. The van der Waals surface area contributed by atoms with Crippen LogP contribution < -0.4 is 11.1 Å². The van der Waals surface area contributed by atoms with Gasteiger partial charge in [0.2, 0.25) is 0 Å². The maximum atomic E-state index is 6.10. The Labute approximate surface area is 126 Å². The van der Waals surface area contributed by atoms with Gasteiger partial charge in [-0.05, 0) is 41.1 Å². The third kappa shape index (κ3) is 2.10. The SMILES string of the molecule is Nc1cnc2ccccc2c1Nc1ccc2sccc2c1. The molecular weight excluding hydrogens is 278 g/mol. The lowest BCUT2D eigenvalue weighted by Gasteiger charge is -2.12. The first-order chi connectivity index (χ1) is 10.3. The first kappa shape index (κ1) is 12.2. The van der Waals surface area contributed by atoms with Gasteiger partial charge >= 0.3 is 0 Å². The number of nitrogens with zero attached hydrogens (tertiary/aromatic N) is 1. The van der Waals surface area contributed by atoms with E-state index in [0.717, 1.165) is 22.3 Å². The normalized spacial score (nSPS) is 11.0. The average molecular weight is 291 g/mol. The topological polar surface area (TPSA) is 50.9 Å². The van der Waals surface area contributed by atoms with Crippen LogP contribution in [0.25, 0.3) is 21.0 Å². The largest absolute Gasteiger partial charge is 0.396 e. The van der Waals surface area contributed by atoms with Crippen molar-refractivity contribution in [2.45, 2.75) is 0 Å². The Morgan fingerprint density at radius 1 is 1.05 bits per heavy atom. The first-order valence-electron chi connectivity index (χ1n) is 6.69. The molecule has 102 valence electrons. The van der Waals surface area contributed by atoms with Gasteiger partial charge in [0.25, 0.3) is 0 Å². The predicted octanol–water partition coefficient (Wildman–Crippen LogP) is 4.78. The van der Waals surface area contributed by atoms with Crippen molar-refractivity contribution in [1.29, 1.82) is 0 Å². The lowest BCUT2D eigenvalue weighted by atomic mass is 10.1. The summed E-state index contributed by atoms with van der Waals surface area (Å²) >= 11 is 1.75. The quantitative estimate of drug-likeness (QED) is 0.559. The molecule has 0 aliphatic carbocycles. The number of para-hydroxylation sites is 1. The molecule has 3 N–H and O–H groups in total. The van der Waals surface area contributed by atoms with Crippen molar-refractivity contribution >= 4 is 49.4 Å². The Morgan fingerprint density at radius 3 is 2.90 bits per heavy atom. The summed E-state index contributed by atoms with van der Waals surface area (Å²) in [5, 5.41) is 7.81. The number of thiophene rings is 1. The van der Waals surface area contributed by atoms with Crippen LogP contribution in [-0.4, -0.2) is 4.98 Å². The van der Waals surface area contributed by atoms with Crippen LogP contribution >= 0.6 is 11.3 Å². The van der Waals surface area contributed by atoms with Crippen molar-refractivity contribution in [3.8, 4) is 0 Å². The summed E-state index contributed by atoms with van der Waals surface area (Å²) in [6.45, 7) is 0. The van der Waals surface area contributed by atoms with E-state index in [9.17, 15) is 0 Å². The lowest BCUT2D eigenvalue weighted by molar-refractivity contribution is 1.41. The van der Waals surface area contributed by atoms with E-state index in [2.05, 4.69) is 39.9 Å². The maximum Gasteiger partial charge on any atom is 0.0746 e. The monoisotopic (exact) mass is 291 g/mol. The van der Waals surface area contributed by atoms with Crippen molar-refractivity contribution < 1.29 is 0 Å². The minimum absolute atomic E-state index is 0.652. The fraction of sp³-hybridized carbons (Fsp3) is 0. The van der Waals surface area contributed by atoms with Gasteiger partial charge < -0.3 is 11.1 Å². The van der Waals surface area contributed by atoms with Crippen molar-refractivity contribution in [1.82, 2.24) is 4.98 Å². The van der Waals surface area contributed by atoms with Crippen molar-refractivity contribution in [3.63, 3.8) is 0 Å². The average Bonchev–Trinajstić information content (AvgIpc) is 2.98. The van der Waals surface area contributed by atoms with E-state index in [-0.39, 0.29) is 0 Å². The number of nitrogens with two attached hydrogens (primary N) is 1. The molecule has 4 rings (SSSR count). The number of anilines is 3. The van der Waals surface area contributed by atoms with Crippen LogP contribution in [0.15, 0.2) is 60.1 Å². The Morgan fingerprint density at radius 2 is 1.95 bits per heavy atom. The van der Waals surface area contributed by atoms with E-state index < -0.39 is 0 Å². The van der Waals surface area contributed by atoms with Crippen LogP contribution in [0.3, 0.4) is 0 Å². The Balaban J connectivity index is 1.84.